The molecule has 1 aromatic heterocycles. The Morgan fingerprint density at radius 2 is 2.12 bits per heavy atom. The smallest absolute Gasteiger partial charge is 0.315 e. The highest BCUT2D eigenvalue weighted by Gasteiger charge is 2.21. The number of amides is 2. The summed E-state index contributed by atoms with van der Waals surface area (Å²) in [5.41, 5.74) is 2.22. The van der Waals surface area contributed by atoms with Gasteiger partial charge in [0, 0.05) is 19.6 Å². The van der Waals surface area contributed by atoms with Gasteiger partial charge in [0.25, 0.3) is 0 Å². The summed E-state index contributed by atoms with van der Waals surface area (Å²) in [6.45, 7) is 7.38. The van der Waals surface area contributed by atoms with E-state index in [2.05, 4.69) is 38.6 Å². The van der Waals surface area contributed by atoms with Crippen molar-refractivity contribution in [2.45, 2.75) is 26.4 Å². The Kier molecular flexibility index (Phi) is 6.00. The van der Waals surface area contributed by atoms with E-state index < -0.39 is 0 Å². The Hall–Kier alpha value is -2.41. The number of likely N-dealkylation sites (tertiary alicyclic amines) is 1. The van der Waals surface area contributed by atoms with Gasteiger partial charge in [0.15, 0.2) is 0 Å². The zero-order valence-electron chi connectivity index (χ0n) is 14.7. The first kappa shape index (κ1) is 17.4. The molecule has 1 fully saturated rings. The van der Waals surface area contributed by atoms with Crippen LogP contribution < -0.4 is 10.6 Å². The van der Waals surface area contributed by atoms with Crippen molar-refractivity contribution in [3.05, 3.63) is 48.0 Å². The molecule has 7 heteroatoms. The number of aromatic nitrogens is 3. The van der Waals surface area contributed by atoms with Crippen molar-refractivity contribution in [2.24, 2.45) is 5.92 Å². The van der Waals surface area contributed by atoms with Crippen molar-refractivity contribution >= 4 is 6.03 Å². The molecule has 0 saturated carbocycles. The molecule has 2 aromatic rings. The third-order valence-corrected chi connectivity index (χ3v) is 4.73. The number of hydrogen-bond acceptors (Lipinski definition) is 4. The molecule has 1 aliphatic heterocycles. The molecule has 1 aliphatic rings. The molecular weight excluding hydrogens is 316 g/mol. The molecule has 134 valence electrons. The van der Waals surface area contributed by atoms with Crippen LogP contribution in [0.4, 0.5) is 4.79 Å². The van der Waals surface area contributed by atoms with E-state index in [0.29, 0.717) is 19.0 Å². The average Bonchev–Trinajstić information content (AvgIpc) is 3.30. The predicted octanol–water partition coefficient (Wildman–Crippen LogP) is 1.47. The van der Waals surface area contributed by atoms with Crippen LogP contribution in [0.3, 0.4) is 0 Å². The maximum Gasteiger partial charge on any atom is 0.315 e. The van der Waals surface area contributed by atoms with Gasteiger partial charge in [0.1, 0.15) is 12.7 Å². The Balaban J connectivity index is 1.46. The molecule has 1 saturated heterocycles. The van der Waals surface area contributed by atoms with Gasteiger partial charge in [-0.15, -0.1) is 0 Å². The van der Waals surface area contributed by atoms with Crippen LogP contribution in [0.2, 0.25) is 0 Å². The summed E-state index contributed by atoms with van der Waals surface area (Å²) in [5, 5.41) is 10.1. The highest BCUT2D eigenvalue weighted by atomic mass is 16.2. The molecule has 1 unspecified atom stereocenters. The Morgan fingerprint density at radius 3 is 2.84 bits per heavy atom. The summed E-state index contributed by atoms with van der Waals surface area (Å²) in [7, 11) is 0. The van der Waals surface area contributed by atoms with Crippen molar-refractivity contribution in [3.63, 3.8) is 0 Å². The van der Waals surface area contributed by atoms with Crippen LogP contribution >= 0.6 is 0 Å². The van der Waals surface area contributed by atoms with Gasteiger partial charge in [-0.25, -0.2) is 14.5 Å². The van der Waals surface area contributed by atoms with E-state index >= 15 is 0 Å². The average molecular weight is 342 g/mol. The number of carbonyl (C=O) groups excluding carboxylic acids is 1. The molecule has 1 atom stereocenters. The molecule has 0 spiro atoms. The fraction of sp³-hybridized carbons (Fsp3) is 0.500. The maximum absolute atomic E-state index is 12.1. The zero-order valence-corrected chi connectivity index (χ0v) is 14.7. The first-order chi connectivity index (χ1) is 12.2. The minimum Gasteiger partial charge on any atom is -0.338 e. The van der Waals surface area contributed by atoms with E-state index in [-0.39, 0.29) is 6.03 Å². The van der Waals surface area contributed by atoms with Crippen LogP contribution in [0, 0.1) is 5.92 Å². The number of nitrogens with zero attached hydrogens (tertiary/aromatic N) is 4. The van der Waals surface area contributed by atoms with Crippen molar-refractivity contribution in [2.75, 3.05) is 26.2 Å². The first-order valence-electron chi connectivity index (χ1n) is 8.88. The molecule has 0 bridgehead atoms. The number of nitrogens with one attached hydrogen (secondary N) is 2. The lowest BCUT2D eigenvalue weighted by Gasteiger charge is -2.15. The number of benzene rings is 1. The Labute approximate surface area is 148 Å². The third-order valence-electron chi connectivity index (χ3n) is 4.73. The van der Waals surface area contributed by atoms with Crippen LogP contribution in [-0.2, 0) is 13.1 Å². The monoisotopic (exact) mass is 342 g/mol. The quantitative estimate of drug-likeness (QED) is 0.799. The van der Waals surface area contributed by atoms with E-state index in [1.807, 2.05) is 18.2 Å². The van der Waals surface area contributed by atoms with E-state index in [1.165, 1.54) is 6.33 Å². The summed E-state index contributed by atoms with van der Waals surface area (Å²) < 4.78 is 1.78. The van der Waals surface area contributed by atoms with Gasteiger partial charge < -0.3 is 15.5 Å². The predicted molar refractivity (Wildman–Crippen MR) is 96.0 cm³/mol. The largest absolute Gasteiger partial charge is 0.338 e. The summed E-state index contributed by atoms with van der Waals surface area (Å²) in [6.07, 6.45) is 4.38. The van der Waals surface area contributed by atoms with Crippen molar-refractivity contribution in [1.29, 1.82) is 0 Å². The van der Waals surface area contributed by atoms with Crippen molar-refractivity contribution in [3.8, 4) is 0 Å². The second-order valence-corrected chi connectivity index (χ2v) is 6.47. The van der Waals surface area contributed by atoms with Gasteiger partial charge >= 0.3 is 6.03 Å². The molecule has 25 heavy (non-hydrogen) atoms. The van der Waals surface area contributed by atoms with E-state index in [9.17, 15) is 4.79 Å². The molecule has 0 aliphatic carbocycles. The number of hydrogen-bond donors (Lipinski definition) is 2. The zero-order chi connectivity index (χ0) is 17.5. The van der Waals surface area contributed by atoms with Gasteiger partial charge in [-0.1, -0.05) is 31.2 Å². The summed E-state index contributed by atoms with van der Waals surface area (Å²) >= 11 is 0. The molecular formula is C18H26N6O. The minimum absolute atomic E-state index is 0.106. The van der Waals surface area contributed by atoms with Crippen molar-refractivity contribution < 1.29 is 4.79 Å². The van der Waals surface area contributed by atoms with Gasteiger partial charge in [-0.3, -0.25) is 0 Å². The fourth-order valence-corrected chi connectivity index (χ4v) is 3.21. The number of rotatable bonds is 7. The molecule has 1 aromatic carbocycles. The molecule has 2 heterocycles. The van der Waals surface area contributed by atoms with Crippen LogP contribution in [0.25, 0.3) is 0 Å². The lowest BCUT2D eigenvalue weighted by Crippen LogP contribution is -2.38. The van der Waals surface area contributed by atoms with Gasteiger partial charge in [-0.05, 0) is 36.6 Å². The molecule has 2 N–H and O–H groups in total. The van der Waals surface area contributed by atoms with Crippen molar-refractivity contribution in [1.82, 2.24) is 30.3 Å². The lowest BCUT2D eigenvalue weighted by molar-refractivity contribution is 0.238. The standard InChI is InChI=1S/C18H26N6O/c1-2-23-8-7-15(11-23)9-20-18(25)21-10-16-5-3-4-6-17(16)12-24-14-19-13-22-24/h3-6,13-15H,2,7-12H2,1H3,(H2,20,21,25). The molecule has 7 nitrogen and oxygen atoms in total. The second kappa shape index (κ2) is 8.62. The maximum atomic E-state index is 12.1. The topological polar surface area (TPSA) is 75.1 Å². The fourth-order valence-electron chi connectivity index (χ4n) is 3.21. The Bertz CT molecular complexity index is 672. The highest BCUT2D eigenvalue weighted by molar-refractivity contribution is 5.73. The SMILES string of the molecule is CCN1CCC(CNC(=O)NCc2ccccc2Cn2cncn2)C1. The minimum atomic E-state index is -0.106. The van der Waals surface area contributed by atoms with Crippen LogP contribution in [0.15, 0.2) is 36.9 Å². The van der Waals surface area contributed by atoms with E-state index in [0.717, 1.165) is 43.7 Å². The lowest BCUT2D eigenvalue weighted by atomic mass is 10.1. The molecule has 3 rings (SSSR count). The summed E-state index contributed by atoms with van der Waals surface area (Å²) in [5.74, 6) is 0.560. The summed E-state index contributed by atoms with van der Waals surface area (Å²) in [4.78, 5) is 18.5. The van der Waals surface area contributed by atoms with Gasteiger partial charge in [0.2, 0.25) is 0 Å². The number of urea groups is 1. The second-order valence-electron chi connectivity index (χ2n) is 6.47. The highest BCUT2D eigenvalue weighted by Crippen LogP contribution is 2.14. The summed E-state index contributed by atoms with van der Waals surface area (Å²) in [6, 6.07) is 7.95. The third kappa shape index (κ3) is 5.03. The van der Waals surface area contributed by atoms with E-state index in [4.69, 9.17) is 0 Å². The number of carbonyl (C=O) groups is 1. The first-order valence-corrected chi connectivity index (χ1v) is 8.88. The van der Waals surface area contributed by atoms with Gasteiger partial charge in [-0.2, -0.15) is 5.10 Å². The van der Waals surface area contributed by atoms with Crippen LogP contribution in [0.1, 0.15) is 24.5 Å². The normalized spacial score (nSPS) is 17.6. The van der Waals surface area contributed by atoms with E-state index in [1.54, 1.807) is 11.0 Å². The molecule has 0 radical (unpaired) electrons. The van der Waals surface area contributed by atoms with Crippen LogP contribution in [0.5, 0.6) is 0 Å². The Morgan fingerprint density at radius 1 is 1.28 bits per heavy atom. The van der Waals surface area contributed by atoms with Gasteiger partial charge in [0.05, 0.1) is 6.54 Å². The van der Waals surface area contributed by atoms with Crippen LogP contribution in [-0.4, -0.2) is 51.9 Å². The molecule has 2 amide bonds.